The van der Waals surface area contributed by atoms with Crippen molar-refractivity contribution in [2.24, 2.45) is 5.41 Å². The van der Waals surface area contributed by atoms with E-state index < -0.39 is 0 Å². The van der Waals surface area contributed by atoms with Crippen LogP contribution in [-0.2, 0) is 11.2 Å². The van der Waals surface area contributed by atoms with Gasteiger partial charge in [0.05, 0.1) is 15.2 Å². The average molecular weight is 360 g/mol. The molecule has 1 aromatic heterocycles. The molecule has 0 saturated heterocycles. The summed E-state index contributed by atoms with van der Waals surface area (Å²) in [5.74, 6) is 0.185. The number of aromatic nitrogens is 1. The Morgan fingerprint density at radius 2 is 2.04 bits per heavy atom. The highest BCUT2D eigenvalue weighted by atomic mass is 32.1. The average Bonchev–Trinajstić information content (AvgIpc) is 3.02. The fraction of sp³-hybridized carbons (Fsp3) is 0.600. The van der Waals surface area contributed by atoms with Crippen molar-refractivity contribution in [1.82, 2.24) is 15.6 Å². The molecule has 1 amide bonds. The molecule has 0 aliphatic heterocycles. The molecule has 25 heavy (non-hydrogen) atoms. The molecule has 5 heteroatoms. The van der Waals surface area contributed by atoms with Crippen LogP contribution in [0.25, 0.3) is 10.2 Å². The standard InChI is InChI=1S/C20H29N3OS/c1-15(21-2)14-22-18(24)12-20(10-6-3-7-11-20)13-19-23-16-8-4-5-9-17(16)25-19/h4-5,8-9,15,21H,3,6-7,10-14H2,1-2H3,(H,22,24). The highest BCUT2D eigenvalue weighted by molar-refractivity contribution is 7.18. The van der Waals surface area contributed by atoms with Crippen molar-refractivity contribution in [2.75, 3.05) is 13.6 Å². The molecule has 1 aromatic carbocycles. The quantitative estimate of drug-likeness (QED) is 0.788. The summed E-state index contributed by atoms with van der Waals surface area (Å²) in [5.41, 5.74) is 1.17. The summed E-state index contributed by atoms with van der Waals surface area (Å²) >= 11 is 1.79. The van der Waals surface area contributed by atoms with Crippen LogP contribution in [0.1, 0.15) is 50.5 Å². The fourth-order valence-electron chi connectivity index (χ4n) is 3.81. The van der Waals surface area contributed by atoms with Crippen molar-refractivity contribution >= 4 is 27.5 Å². The van der Waals surface area contributed by atoms with E-state index in [2.05, 4.69) is 35.8 Å². The van der Waals surface area contributed by atoms with Gasteiger partial charge in [-0.15, -0.1) is 11.3 Å². The van der Waals surface area contributed by atoms with Crippen LogP contribution in [0.4, 0.5) is 0 Å². The fourth-order valence-corrected chi connectivity index (χ4v) is 4.95. The van der Waals surface area contributed by atoms with Crippen LogP contribution in [0.2, 0.25) is 0 Å². The Morgan fingerprint density at radius 1 is 1.28 bits per heavy atom. The van der Waals surface area contributed by atoms with Crippen molar-refractivity contribution in [2.45, 2.75) is 57.9 Å². The second kappa shape index (κ2) is 8.28. The number of nitrogens with zero attached hydrogens (tertiary/aromatic N) is 1. The highest BCUT2D eigenvalue weighted by Gasteiger charge is 2.35. The lowest BCUT2D eigenvalue weighted by molar-refractivity contribution is -0.124. The number of para-hydroxylation sites is 1. The first-order valence-corrected chi connectivity index (χ1v) is 10.2. The summed E-state index contributed by atoms with van der Waals surface area (Å²) in [6, 6.07) is 8.62. The van der Waals surface area contributed by atoms with Gasteiger partial charge in [0.15, 0.2) is 0 Å². The van der Waals surface area contributed by atoms with Gasteiger partial charge in [0.1, 0.15) is 0 Å². The molecule has 0 spiro atoms. The number of thiazole rings is 1. The SMILES string of the molecule is CNC(C)CNC(=O)CC1(Cc2nc3ccccc3s2)CCCCC1. The van der Waals surface area contributed by atoms with Crippen molar-refractivity contribution < 1.29 is 4.79 Å². The van der Waals surface area contributed by atoms with E-state index in [1.807, 2.05) is 13.1 Å². The number of likely N-dealkylation sites (N-methyl/N-ethyl adjacent to an activating group) is 1. The minimum absolute atomic E-state index is 0.0824. The highest BCUT2D eigenvalue weighted by Crippen LogP contribution is 2.43. The number of nitrogens with one attached hydrogen (secondary N) is 2. The molecule has 2 N–H and O–H groups in total. The molecule has 4 nitrogen and oxygen atoms in total. The summed E-state index contributed by atoms with van der Waals surface area (Å²) in [6.07, 6.45) is 7.58. The molecule has 1 unspecified atom stereocenters. The van der Waals surface area contributed by atoms with Crippen molar-refractivity contribution in [3.05, 3.63) is 29.3 Å². The van der Waals surface area contributed by atoms with E-state index in [1.165, 1.54) is 29.0 Å². The third-order valence-electron chi connectivity index (χ3n) is 5.41. The molecule has 1 heterocycles. The third-order valence-corrected chi connectivity index (χ3v) is 6.45. The molecule has 136 valence electrons. The molecule has 2 aromatic rings. The normalized spacial score (nSPS) is 18.2. The van der Waals surface area contributed by atoms with Gasteiger partial charge in [-0.1, -0.05) is 31.4 Å². The van der Waals surface area contributed by atoms with Crippen LogP contribution >= 0.6 is 11.3 Å². The summed E-state index contributed by atoms with van der Waals surface area (Å²) in [6.45, 7) is 2.77. The van der Waals surface area contributed by atoms with Gasteiger partial charge >= 0.3 is 0 Å². The van der Waals surface area contributed by atoms with Crippen LogP contribution in [0.15, 0.2) is 24.3 Å². The van der Waals surface area contributed by atoms with Crippen LogP contribution in [0.5, 0.6) is 0 Å². The number of amides is 1. The minimum atomic E-state index is 0.0824. The first-order valence-electron chi connectivity index (χ1n) is 9.39. The Morgan fingerprint density at radius 3 is 2.76 bits per heavy atom. The van der Waals surface area contributed by atoms with Crippen LogP contribution < -0.4 is 10.6 Å². The molecule has 0 radical (unpaired) electrons. The Bertz CT molecular complexity index is 673. The Balaban J connectivity index is 1.70. The van der Waals surface area contributed by atoms with Crippen LogP contribution in [0, 0.1) is 5.41 Å². The number of rotatable bonds is 7. The van der Waals surface area contributed by atoms with E-state index >= 15 is 0 Å². The first kappa shape index (κ1) is 18.3. The van der Waals surface area contributed by atoms with Gasteiger partial charge in [-0.3, -0.25) is 4.79 Å². The zero-order chi connectivity index (χ0) is 17.7. The second-order valence-electron chi connectivity index (χ2n) is 7.48. The summed E-state index contributed by atoms with van der Waals surface area (Å²) < 4.78 is 1.25. The molecule has 1 aliphatic rings. The van der Waals surface area contributed by atoms with Gasteiger partial charge in [-0.25, -0.2) is 4.98 Å². The van der Waals surface area contributed by atoms with Crippen molar-refractivity contribution in [3.63, 3.8) is 0 Å². The molecular weight excluding hydrogens is 330 g/mol. The maximum atomic E-state index is 12.5. The topological polar surface area (TPSA) is 54.0 Å². The van der Waals surface area contributed by atoms with Gasteiger partial charge in [-0.05, 0) is 44.4 Å². The molecule has 0 bridgehead atoms. The molecule has 1 saturated carbocycles. The second-order valence-corrected chi connectivity index (χ2v) is 8.60. The number of hydrogen-bond acceptors (Lipinski definition) is 4. The number of hydrogen-bond donors (Lipinski definition) is 2. The number of benzene rings is 1. The Kier molecular flexibility index (Phi) is 6.07. The lowest BCUT2D eigenvalue weighted by Gasteiger charge is -2.36. The Hall–Kier alpha value is -1.46. The number of carbonyl (C=O) groups excluding carboxylic acids is 1. The lowest BCUT2D eigenvalue weighted by atomic mass is 9.69. The minimum Gasteiger partial charge on any atom is -0.355 e. The lowest BCUT2D eigenvalue weighted by Crippen LogP contribution is -2.40. The Labute approximate surface area is 154 Å². The smallest absolute Gasteiger partial charge is 0.220 e. The van der Waals surface area contributed by atoms with Crippen molar-refractivity contribution in [1.29, 1.82) is 0 Å². The van der Waals surface area contributed by atoms with Gasteiger partial charge in [0.25, 0.3) is 0 Å². The van der Waals surface area contributed by atoms with Gasteiger partial charge in [0, 0.05) is 25.4 Å². The van der Waals surface area contributed by atoms with Crippen molar-refractivity contribution in [3.8, 4) is 0 Å². The molecule has 1 aliphatic carbocycles. The first-order chi connectivity index (χ1) is 12.1. The molecule has 1 fully saturated rings. The molecular formula is C20H29N3OS. The van der Waals surface area contributed by atoms with E-state index in [9.17, 15) is 4.79 Å². The van der Waals surface area contributed by atoms with E-state index in [0.717, 1.165) is 24.8 Å². The van der Waals surface area contributed by atoms with E-state index in [-0.39, 0.29) is 11.3 Å². The maximum absolute atomic E-state index is 12.5. The predicted octanol–water partition coefficient (Wildman–Crippen LogP) is 3.90. The molecule has 3 rings (SSSR count). The zero-order valence-corrected chi connectivity index (χ0v) is 16.1. The van der Waals surface area contributed by atoms with Crippen LogP contribution in [-0.4, -0.2) is 30.5 Å². The summed E-state index contributed by atoms with van der Waals surface area (Å²) in [7, 11) is 1.92. The number of fused-ring (bicyclic) bond motifs is 1. The monoisotopic (exact) mass is 359 g/mol. The largest absolute Gasteiger partial charge is 0.355 e. The third kappa shape index (κ3) is 4.79. The van der Waals surface area contributed by atoms with E-state index in [0.29, 0.717) is 19.0 Å². The van der Waals surface area contributed by atoms with E-state index in [4.69, 9.17) is 4.98 Å². The predicted molar refractivity (Wildman–Crippen MR) is 105 cm³/mol. The van der Waals surface area contributed by atoms with Gasteiger partial charge in [0.2, 0.25) is 5.91 Å². The molecule has 1 atom stereocenters. The van der Waals surface area contributed by atoms with Gasteiger partial charge < -0.3 is 10.6 Å². The van der Waals surface area contributed by atoms with E-state index in [1.54, 1.807) is 11.3 Å². The van der Waals surface area contributed by atoms with Gasteiger partial charge in [-0.2, -0.15) is 0 Å². The maximum Gasteiger partial charge on any atom is 0.220 e. The number of carbonyl (C=O) groups is 1. The summed E-state index contributed by atoms with van der Waals surface area (Å²) in [5, 5.41) is 7.44. The summed E-state index contributed by atoms with van der Waals surface area (Å²) in [4.78, 5) is 17.4. The zero-order valence-electron chi connectivity index (χ0n) is 15.3. The van der Waals surface area contributed by atoms with Crippen LogP contribution in [0.3, 0.4) is 0 Å².